The highest BCUT2D eigenvalue weighted by atomic mass is 16.4. The summed E-state index contributed by atoms with van der Waals surface area (Å²) in [6, 6.07) is 10.4. The van der Waals surface area contributed by atoms with Crippen LogP contribution in [0.15, 0.2) is 61.1 Å². The molecule has 2 fully saturated rings. The Morgan fingerprint density at radius 3 is 2.16 bits per heavy atom. The van der Waals surface area contributed by atoms with E-state index in [2.05, 4.69) is 44.1 Å². The maximum Gasteiger partial charge on any atom is 0.310 e. The largest absolute Gasteiger partial charge is 0.481 e. The number of carboxylic acids is 1. The van der Waals surface area contributed by atoms with Crippen molar-refractivity contribution in [2.75, 3.05) is 13.1 Å². The molecule has 1 aromatic carbocycles. The highest BCUT2D eigenvalue weighted by Gasteiger charge is 2.39. The van der Waals surface area contributed by atoms with E-state index in [0.29, 0.717) is 11.4 Å². The van der Waals surface area contributed by atoms with Crippen molar-refractivity contribution in [1.82, 2.24) is 25.2 Å². The highest BCUT2D eigenvalue weighted by Crippen LogP contribution is 2.42. The van der Waals surface area contributed by atoms with Gasteiger partial charge in [0.2, 0.25) is 5.91 Å². The van der Waals surface area contributed by atoms with Crippen LogP contribution in [0.1, 0.15) is 113 Å². The van der Waals surface area contributed by atoms with E-state index < -0.39 is 23.8 Å². The van der Waals surface area contributed by atoms with E-state index >= 15 is 0 Å². The van der Waals surface area contributed by atoms with Crippen LogP contribution in [0, 0.1) is 23.7 Å². The van der Waals surface area contributed by atoms with E-state index in [4.69, 9.17) is 9.97 Å². The summed E-state index contributed by atoms with van der Waals surface area (Å²) >= 11 is 0. The average molecular weight is 692 g/mol. The van der Waals surface area contributed by atoms with Crippen molar-refractivity contribution in [3.05, 3.63) is 83.4 Å². The Morgan fingerprint density at radius 1 is 0.882 bits per heavy atom. The topological polar surface area (TPSA) is 125 Å². The van der Waals surface area contributed by atoms with E-state index in [9.17, 15) is 19.5 Å². The second-order valence-corrected chi connectivity index (χ2v) is 16.0. The van der Waals surface area contributed by atoms with Gasteiger partial charge in [0.25, 0.3) is 5.91 Å². The summed E-state index contributed by atoms with van der Waals surface area (Å²) in [5.74, 6) is 1.06. The van der Waals surface area contributed by atoms with Crippen LogP contribution in [-0.4, -0.2) is 61.9 Å². The number of aliphatic carboxylic acids is 1. The number of rotatable bonds is 11. The van der Waals surface area contributed by atoms with E-state index in [0.717, 1.165) is 53.0 Å². The van der Waals surface area contributed by atoms with Gasteiger partial charge in [-0.3, -0.25) is 19.4 Å². The van der Waals surface area contributed by atoms with Crippen LogP contribution in [0.5, 0.6) is 0 Å². The lowest BCUT2D eigenvalue weighted by molar-refractivity contribution is -0.153. The summed E-state index contributed by atoms with van der Waals surface area (Å²) in [6.07, 6.45) is 19.9. The molecule has 2 atom stereocenters. The number of hydrogen-bond acceptors (Lipinski definition) is 6. The number of carbonyl (C=O) groups is 3. The maximum atomic E-state index is 13.5. The first-order valence-corrected chi connectivity index (χ1v) is 18.9. The molecule has 1 saturated heterocycles. The Morgan fingerprint density at radius 2 is 1.59 bits per heavy atom. The molecule has 1 saturated carbocycles. The molecule has 9 nitrogen and oxygen atoms in total. The number of carboxylic acid groups (broad SMARTS) is 1. The molecule has 2 unspecified atom stereocenters. The van der Waals surface area contributed by atoms with Crippen molar-refractivity contribution in [2.45, 2.75) is 103 Å². The number of amides is 2. The van der Waals surface area contributed by atoms with Crippen molar-refractivity contribution in [3.8, 4) is 11.4 Å². The predicted molar refractivity (Wildman–Crippen MR) is 199 cm³/mol. The lowest BCUT2D eigenvalue weighted by Crippen LogP contribution is -2.59. The standard InChI is InChI=1S/C42H53N5O4/c1-5-6-27-7-11-29(12-8-27)30-15-17-31(18-16-30)34-23-44-38(45-24-34)32-13-9-28(10-14-32)21-36(40(49)47-25-35(26-47)41(50)51)46-39(48)33-19-20-37(43-22-33)42(2,3)4/h9-10,13-14,17,19-20,22-24,27,29-30,35-36H,5-8,11-12,15-16,18,21,25-26H2,1-4H3,(H,46,48)(H,50,51). The molecule has 9 heteroatoms. The zero-order chi connectivity index (χ0) is 36.1. The van der Waals surface area contributed by atoms with Gasteiger partial charge in [0.15, 0.2) is 5.82 Å². The van der Waals surface area contributed by atoms with E-state index in [1.807, 2.05) is 42.7 Å². The van der Waals surface area contributed by atoms with Gasteiger partial charge in [-0.2, -0.15) is 0 Å². The zero-order valence-corrected chi connectivity index (χ0v) is 30.6. The van der Waals surface area contributed by atoms with Gasteiger partial charge >= 0.3 is 5.97 Å². The van der Waals surface area contributed by atoms with Gasteiger partial charge in [0.1, 0.15) is 6.04 Å². The average Bonchev–Trinajstić information content (AvgIpc) is 3.11. The first-order valence-electron chi connectivity index (χ1n) is 18.9. The zero-order valence-electron chi connectivity index (χ0n) is 30.6. The molecule has 1 aliphatic heterocycles. The Bertz CT molecular complexity index is 1700. The first-order chi connectivity index (χ1) is 24.5. The van der Waals surface area contributed by atoms with Crippen LogP contribution in [0.4, 0.5) is 0 Å². The van der Waals surface area contributed by atoms with Gasteiger partial charge < -0.3 is 15.3 Å². The van der Waals surface area contributed by atoms with Gasteiger partial charge in [-0.15, -0.1) is 0 Å². The summed E-state index contributed by atoms with van der Waals surface area (Å²) in [6.45, 7) is 8.72. The molecule has 0 spiro atoms. The molecule has 3 heterocycles. The van der Waals surface area contributed by atoms with E-state index in [1.165, 1.54) is 61.6 Å². The Balaban J connectivity index is 1.08. The molecular weight excluding hydrogens is 638 g/mol. The number of carbonyl (C=O) groups excluding carboxylic acids is 2. The number of allylic oxidation sites excluding steroid dienone is 2. The molecule has 270 valence electrons. The Labute approximate surface area is 302 Å². The molecule has 6 rings (SSSR count). The molecule has 0 radical (unpaired) electrons. The third kappa shape index (κ3) is 8.92. The molecule has 51 heavy (non-hydrogen) atoms. The number of aromatic nitrogens is 3. The number of nitrogens with one attached hydrogen (secondary N) is 1. The van der Waals surface area contributed by atoms with Crippen molar-refractivity contribution in [1.29, 1.82) is 0 Å². The monoisotopic (exact) mass is 691 g/mol. The minimum Gasteiger partial charge on any atom is -0.481 e. The van der Waals surface area contributed by atoms with Crippen molar-refractivity contribution >= 4 is 23.4 Å². The molecule has 2 aromatic heterocycles. The van der Waals surface area contributed by atoms with Crippen LogP contribution >= 0.6 is 0 Å². The summed E-state index contributed by atoms with van der Waals surface area (Å²) in [7, 11) is 0. The minimum absolute atomic E-state index is 0.131. The quantitative estimate of drug-likeness (QED) is 0.213. The minimum atomic E-state index is -0.922. The van der Waals surface area contributed by atoms with Crippen LogP contribution in [0.2, 0.25) is 0 Å². The second kappa shape index (κ2) is 15.9. The van der Waals surface area contributed by atoms with Crippen LogP contribution < -0.4 is 5.32 Å². The van der Waals surface area contributed by atoms with Crippen LogP contribution in [-0.2, 0) is 21.4 Å². The summed E-state index contributed by atoms with van der Waals surface area (Å²) in [5.41, 5.74) is 5.23. The predicted octanol–water partition coefficient (Wildman–Crippen LogP) is 7.51. The Hall–Kier alpha value is -4.40. The molecule has 2 N–H and O–H groups in total. The van der Waals surface area contributed by atoms with Gasteiger partial charge in [0.05, 0.1) is 11.5 Å². The smallest absolute Gasteiger partial charge is 0.310 e. The Kier molecular flexibility index (Phi) is 11.3. The normalized spacial score (nSPS) is 21.7. The van der Waals surface area contributed by atoms with E-state index in [-0.39, 0.29) is 30.8 Å². The molecule has 0 bridgehead atoms. The number of nitrogens with zero attached hydrogens (tertiary/aromatic N) is 4. The lowest BCUT2D eigenvalue weighted by atomic mass is 9.70. The molecular formula is C42H53N5O4. The van der Waals surface area contributed by atoms with Gasteiger partial charge in [-0.1, -0.05) is 83.7 Å². The van der Waals surface area contributed by atoms with Crippen LogP contribution in [0.3, 0.4) is 0 Å². The van der Waals surface area contributed by atoms with Crippen LogP contribution in [0.25, 0.3) is 17.0 Å². The first kappa shape index (κ1) is 36.4. The molecule has 3 aliphatic rings. The third-order valence-electron chi connectivity index (χ3n) is 11.3. The maximum absolute atomic E-state index is 13.5. The lowest BCUT2D eigenvalue weighted by Gasteiger charge is -2.39. The van der Waals surface area contributed by atoms with Gasteiger partial charge in [-0.05, 0) is 73.1 Å². The fraction of sp³-hybridized carbons (Fsp3) is 0.524. The molecule has 3 aromatic rings. The van der Waals surface area contributed by atoms with E-state index in [1.54, 1.807) is 6.07 Å². The molecule has 2 aliphatic carbocycles. The summed E-state index contributed by atoms with van der Waals surface area (Å²) in [5, 5.41) is 12.2. The number of likely N-dealkylation sites (tertiary alicyclic amines) is 1. The number of benzene rings is 1. The van der Waals surface area contributed by atoms with Crippen molar-refractivity contribution < 1.29 is 19.5 Å². The van der Waals surface area contributed by atoms with Crippen molar-refractivity contribution in [3.63, 3.8) is 0 Å². The van der Waals surface area contributed by atoms with Gasteiger partial charge in [-0.25, -0.2) is 9.97 Å². The highest BCUT2D eigenvalue weighted by molar-refractivity contribution is 5.97. The summed E-state index contributed by atoms with van der Waals surface area (Å²) in [4.78, 5) is 53.5. The second-order valence-electron chi connectivity index (χ2n) is 16.0. The van der Waals surface area contributed by atoms with Gasteiger partial charge in [0, 0.05) is 60.3 Å². The number of pyridine rings is 1. The summed E-state index contributed by atoms with van der Waals surface area (Å²) < 4.78 is 0. The fourth-order valence-corrected chi connectivity index (χ4v) is 8.02. The number of hydrogen-bond donors (Lipinski definition) is 2. The SMILES string of the molecule is CCCC1CCC(C2CC=C(c3cnc(-c4ccc(CC(NC(=O)c5ccc(C(C)(C)C)nc5)C(=O)N5CC(C(=O)O)C5)cc4)nc3)CC2)CC1. The molecule has 2 amide bonds. The third-order valence-corrected chi connectivity index (χ3v) is 11.3. The van der Waals surface area contributed by atoms with Crippen molar-refractivity contribution in [2.24, 2.45) is 23.7 Å². The fourth-order valence-electron chi connectivity index (χ4n) is 8.02.